The third-order valence-electron chi connectivity index (χ3n) is 2.39. The Morgan fingerprint density at radius 2 is 2.06 bits per heavy atom. The summed E-state index contributed by atoms with van der Waals surface area (Å²) in [5.41, 5.74) is 2.27. The molecular weight excluding hydrogens is 216 g/mol. The summed E-state index contributed by atoms with van der Waals surface area (Å²) >= 11 is 1.83. The Bertz CT molecular complexity index is 340. The van der Waals surface area contributed by atoms with Gasteiger partial charge in [0.2, 0.25) is 0 Å². The van der Waals surface area contributed by atoms with Crippen molar-refractivity contribution in [2.75, 3.05) is 17.3 Å². The molecule has 0 aliphatic rings. The molecule has 0 spiro atoms. The van der Waals surface area contributed by atoms with Crippen molar-refractivity contribution in [1.82, 2.24) is 0 Å². The summed E-state index contributed by atoms with van der Waals surface area (Å²) in [6.45, 7) is 2.06. The van der Waals surface area contributed by atoms with Crippen LogP contribution in [0.5, 0.6) is 0 Å². The van der Waals surface area contributed by atoms with Gasteiger partial charge in [0.05, 0.1) is 6.07 Å². The number of aryl methyl sites for hydroxylation is 1. The highest BCUT2D eigenvalue weighted by molar-refractivity contribution is 7.98. The number of nitrogens with one attached hydrogen (secondary N) is 1. The Hall–Kier alpha value is -1.14. The number of hydrogen-bond donors (Lipinski definition) is 1. The van der Waals surface area contributed by atoms with Crippen molar-refractivity contribution in [2.45, 2.75) is 25.8 Å². The van der Waals surface area contributed by atoms with E-state index in [9.17, 15) is 0 Å². The summed E-state index contributed by atoms with van der Waals surface area (Å²) in [6.07, 6.45) is 4.08. The van der Waals surface area contributed by atoms with Gasteiger partial charge in [-0.05, 0) is 43.9 Å². The predicted octanol–water partition coefficient (Wildman–Crippen LogP) is 3.44. The van der Waals surface area contributed by atoms with E-state index in [0.29, 0.717) is 0 Å². The lowest BCUT2D eigenvalue weighted by molar-refractivity contribution is 0.755. The molecule has 0 bridgehead atoms. The number of thioether (sulfide) groups is 1. The lowest BCUT2D eigenvalue weighted by Crippen LogP contribution is -2.17. The number of hydrogen-bond acceptors (Lipinski definition) is 3. The normalized spacial score (nSPS) is 11.8. The molecule has 86 valence electrons. The zero-order chi connectivity index (χ0) is 11.8. The molecule has 0 saturated heterocycles. The molecule has 0 fully saturated rings. The van der Waals surface area contributed by atoms with Crippen LogP contribution in [0.3, 0.4) is 0 Å². The average molecular weight is 234 g/mol. The van der Waals surface area contributed by atoms with Gasteiger partial charge in [-0.2, -0.15) is 17.0 Å². The monoisotopic (exact) mass is 234 g/mol. The van der Waals surface area contributed by atoms with Crippen LogP contribution in [0, 0.1) is 18.3 Å². The van der Waals surface area contributed by atoms with Gasteiger partial charge in [-0.1, -0.05) is 17.7 Å². The summed E-state index contributed by atoms with van der Waals surface area (Å²) in [6, 6.07) is 10.4. The third kappa shape index (κ3) is 4.59. The van der Waals surface area contributed by atoms with Crippen LogP contribution in [-0.2, 0) is 0 Å². The van der Waals surface area contributed by atoms with Crippen LogP contribution >= 0.6 is 11.8 Å². The standard InChI is InChI=1S/C13H18N2S/c1-11-5-7-12(8-6-11)15-13(10-14)4-3-9-16-2/h5-8,13,15H,3-4,9H2,1-2H3. The van der Waals surface area contributed by atoms with E-state index in [-0.39, 0.29) is 6.04 Å². The second-order valence-corrected chi connectivity index (χ2v) is 4.81. The van der Waals surface area contributed by atoms with Crippen LogP contribution in [0.2, 0.25) is 0 Å². The van der Waals surface area contributed by atoms with Gasteiger partial charge < -0.3 is 5.32 Å². The lowest BCUT2D eigenvalue weighted by atomic mass is 10.1. The number of anilines is 1. The van der Waals surface area contributed by atoms with Gasteiger partial charge in [0.25, 0.3) is 0 Å². The minimum atomic E-state index is -0.0742. The molecule has 16 heavy (non-hydrogen) atoms. The molecule has 0 aromatic heterocycles. The first kappa shape index (κ1) is 12.9. The summed E-state index contributed by atoms with van der Waals surface area (Å²) in [7, 11) is 0. The summed E-state index contributed by atoms with van der Waals surface area (Å²) in [4.78, 5) is 0. The number of rotatable bonds is 6. The van der Waals surface area contributed by atoms with Gasteiger partial charge in [0.15, 0.2) is 0 Å². The molecule has 1 aromatic carbocycles. The van der Waals surface area contributed by atoms with Gasteiger partial charge in [0, 0.05) is 5.69 Å². The van der Waals surface area contributed by atoms with Crippen molar-refractivity contribution in [3.05, 3.63) is 29.8 Å². The topological polar surface area (TPSA) is 35.8 Å². The first-order valence-electron chi connectivity index (χ1n) is 5.48. The van der Waals surface area contributed by atoms with Crippen LogP contribution < -0.4 is 5.32 Å². The molecule has 1 N–H and O–H groups in total. The molecular formula is C13H18N2S. The maximum absolute atomic E-state index is 9.02. The molecule has 0 amide bonds. The second kappa shape index (κ2) is 7.19. The molecule has 0 heterocycles. The largest absolute Gasteiger partial charge is 0.370 e. The molecule has 0 saturated carbocycles. The summed E-state index contributed by atoms with van der Waals surface area (Å²) in [5.74, 6) is 1.12. The minimum Gasteiger partial charge on any atom is -0.370 e. The molecule has 1 aromatic rings. The molecule has 1 unspecified atom stereocenters. The van der Waals surface area contributed by atoms with Gasteiger partial charge in [-0.25, -0.2) is 0 Å². The Morgan fingerprint density at radius 1 is 1.38 bits per heavy atom. The van der Waals surface area contributed by atoms with Gasteiger partial charge >= 0.3 is 0 Å². The Balaban J connectivity index is 2.44. The van der Waals surface area contributed by atoms with Gasteiger partial charge in [-0.15, -0.1) is 0 Å². The highest BCUT2D eigenvalue weighted by atomic mass is 32.2. The van der Waals surface area contributed by atoms with Crippen molar-refractivity contribution in [3.63, 3.8) is 0 Å². The van der Waals surface area contributed by atoms with E-state index in [2.05, 4.69) is 36.7 Å². The Kier molecular flexibility index (Phi) is 5.81. The highest BCUT2D eigenvalue weighted by Crippen LogP contribution is 2.12. The van der Waals surface area contributed by atoms with Crippen LogP contribution in [0.25, 0.3) is 0 Å². The maximum Gasteiger partial charge on any atom is 0.114 e. The zero-order valence-corrected chi connectivity index (χ0v) is 10.7. The van der Waals surface area contributed by atoms with Crippen molar-refractivity contribution in [2.24, 2.45) is 0 Å². The predicted molar refractivity (Wildman–Crippen MR) is 71.8 cm³/mol. The average Bonchev–Trinajstić information content (AvgIpc) is 2.31. The molecule has 2 nitrogen and oxygen atoms in total. The lowest BCUT2D eigenvalue weighted by Gasteiger charge is -2.12. The number of benzene rings is 1. The fourth-order valence-electron chi connectivity index (χ4n) is 1.45. The van der Waals surface area contributed by atoms with E-state index >= 15 is 0 Å². The van der Waals surface area contributed by atoms with E-state index in [1.165, 1.54) is 5.56 Å². The fourth-order valence-corrected chi connectivity index (χ4v) is 1.91. The highest BCUT2D eigenvalue weighted by Gasteiger charge is 2.05. The van der Waals surface area contributed by atoms with Crippen LogP contribution in [0.4, 0.5) is 5.69 Å². The van der Waals surface area contributed by atoms with E-state index in [1.54, 1.807) is 0 Å². The minimum absolute atomic E-state index is 0.0742. The number of nitriles is 1. The van der Waals surface area contributed by atoms with Crippen LogP contribution in [0.15, 0.2) is 24.3 Å². The first-order valence-corrected chi connectivity index (χ1v) is 6.87. The van der Waals surface area contributed by atoms with Gasteiger partial charge in [0.1, 0.15) is 6.04 Å². The van der Waals surface area contributed by atoms with E-state index in [0.717, 1.165) is 24.3 Å². The van der Waals surface area contributed by atoms with Crippen molar-refractivity contribution in [3.8, 4) is 6.07 Å². The zero-order valence-electron chi connectivity index (χ0n) is 9.86. The summed E-state index contributed by atoms with van der Waals surface area (Å²) < 4.78 is 0. The van der Waals surface area contributed by atoms with E-state index < -0.39 is 0 Å². The SMILES string of the molecule is CSCCCC(C#N)Nc1ccc(C)cc1. The quantitative estimate of drug-likeness (QED) is 0.766. The van der Waals surface area contributed by atoms with Crippen molar-refractivity contribution >= 4 is 17.4 Å². The van der Waals surface area contributed by atoms with Crippen molar-refractivity contribution < 1.29 is 0 Å². The molecule has 0 aliphatic heterocycles. The number of nitrogens with zero attached hydrogens (tertiary/aromatic N) is 1. The van der Waals surface area contributed by atoms with Crippen molar-refractivity contribution in [1.29, 1.82) is 5.26 Å². The molecule has 1 rings (SSSR count). The van der Waals surface area contributed by atoms with Crippen LogP contribution in [-0.4, -0.2) is 18.1 Å². The Labute approximate surface area is 102 Å². The van der Waals surface area contributed by atoms with Crippen LogP contribution in [0.1, 0.15) is 18.4 Å². The second-order valence-electron chi connectivity index (χ2n) is 3.83. The molecule has 3 heteroatoms. The Morgan fingerprint density at radius 3 is 2.62 bits per heavy atom. The molecule has 0 radical (unpaired) electrons. The fraction of sp³-hybridized carbons (Fsp3) is 0.462. The van der Waals surface area contributed by atoms with E-state index in [1.807, 2.05) is 23.9 Å². The summed E-state index contributed by atoms with van der Waals surface area (Å²) in [5, 5.41) is 12.3. The third-order valence-corrected chi connectivity index (χ3v) is 3.09. The first-order chi connectivity index (χ1) is 7.76. The van der Waals surface area contributed by atoms with E-state index in [4.69, 9.17) is 5.26 Å². The molecule has 1 atom stereocenters. The maximum atomic E-state index is 9.02. The molecule has 0 aliphatic carbocycles. The smallest absolute Gasteiger partial charge is 0.114 e. The van der Waals surface area contributed by atoms with Gasteiger partial charge in [-0.3, -0.25) is 0 Å².